The first kappa shape index (κ1) is 15.0. The van der Waals surface area contributed by atoms with Gasteiger partial charge in [0.1, 0.15) is 6.04 Å². The number of hydrogen-bond acceptors (Lipinski definition) is 4. The second-order valence-electron chi connectivity index (χ2n) is 4.53. The molecule has 0 saturated heterocycles. The van der Waals surface area contributed by atoms with Crippen LogP contribution in [0.3, 0.4) is 0 Å². The van der Waals surface area contributed by atoms with Crippen molar-refractivity contribution in [3.8, 4) is 0 Å². The molecule has 2 aromatic rings. The van der Waals surface area contributed by atoms with Crippen molar-refractivity contribution in [2.45, 2.75) is 32.6 Å². The number of aryl methyl sites for hydroxylation is 2. The molecule has 4 nitrogen and oxygen atoms in total. The molecule has 0 aromatic carbocycles. The minimum Gasteiger partial charge on any atom is -0.297 e. The summed E-state index contributed by atoms with van der Waals surface area (Å²) in [4.78, 5) is 4.62. The lowest BCUT2D eigenvalue weighted by molar-refractivity contribution is -0.158. The zero-order valence-electron chi connectivity index (χ0n) is 11.3. The van der Waals surface area contributed by atoms with Crippen molar-refractivity contribution in [2.24, 2.45) is 7.05 Å². The van der Waals surface area contributed by atoms with Gasteiger partial charge in [0.05, 0.1) is 11.2 Å². The smallest absolute Gasteiger partial charge is 0.297 e. The van der Waals surface area contributed by atoms with Crippen molar-refractivity contribution in [3.05, 3.63) is 33.5 Å². The Balaban J connectivity index is 2.28. The number of rotatable bonds is 4. The van der Waals surface area contributed by atoms with E-state index in [2.05, 4.69) is 15.4 Å². The number of aromatic nitrogens is 3. The molecule has 0 aliphatic heterocycles. The Labute approximate surface area is 118 Å². The standard InChI is InChI=1S/C12H15F3N4S/c1-7-10(8(2)19(3)18-7)11(12(13,14)15)17-5-9-4-16-6-20-9/h4,6,11,17H,5H2,1-3H3. The molecule has 110 valence electrons. The van der Waals surface area contributed by atoms with Crippen LogP contribution in [0, 0.1) is 13.8 Å². The van der Waals surface area contributed by atoms with Gasteiger partial charge in [-0.3, -0.25) is 15.0 Å². The summed E-state index contributed by atoms with van der Waals surface area (Å²) in [6.07, 6.45) is -2.81. The minimum absolute atomic E-state index is 0.128. The molecule has 0 saturated carbocycles. The van der Waals surface area contributed by atoms with E-state index in [4.69, 9.17) is 0 Å². The SMILES string of the molecule is Cc1nn(C)c(C)c1C(NCc1cncs1)C(F)(F)F. The Morgan fingerprint density at radius 3 is 2.55 bits per heavy atom. The zero-order valence-corrected chi connectivity index (χ0v) is 12.1. The third-order valence-electron chi connectivity index (χ3n) is 3.14. The molecule has 1 unspecified atom stereocenters. The van der Waals surface area contributed by atoms with Gasteiger partial charge in [0, 0.05) is 35.9 Å². The first-order chi connectivity index (χ1) is 9.30. The summed E-state index contributed by atoms with van der Waals surface area (Å²) < 4.78 is 41.3. The Hall–Kier alpha value is -1.41. The molecule has 0 fully saturated rings. The van der Waals surface area contributed by atoms with E-state index in [0.29, 0.717) is 11.4 Å². The predicted molar refractivity (Wildman–Crippen MR) is 70.4 cm³/mol. The van der Waals surface area contributed by atoms with Gasteiger partial charge in [0.15, 0.2) is 0 Å². The van der Waals surface area contributed by atoms with Crippen LogP contribution in [0.25, 0.3) is 0 Å². The molecule has 2 rings (SSSR count). The molecular formula is C12H15F3N4S. The molecule has 0 aliphatic carbocycles. The lowest BCUT2D eigenvalue weighted by Gasteiger charge is -2.22. The van der Waals surface area contributed by atoms with Crippen LogP contribution in [0.4, 0.5) is 13.2 Å². The van der Waals surface area contributed by atoms with Crippen molar-refractivity contribution >= 4 is 11.3 Å². The lowest BCUT2D eigenvalue weighted by atomic mass is 10.0. The molecule has 0 spiro atoms. The Bertz CT molecular complexity index is 574. The fraction of sp³-hybridized carbons (Fsp3) is 0.500. The summed E-state index contributed by atoms with van der Waals surface area (Å²) in [5.41, 5.74) is 2.70. The summed E-state index contributed by atoms with van der Waals surface area (Å²) >= 11 is 1.32. The number of nitrogens with zero attached hydrogens (tertiary/aromatic N) is 3. The topological polar surface area (TPSA) is 42.7 Å². The highest BCUT2D eigenvalue weighted by Gasteiger charge is 2.43. The summed E-state index contributed by atoms with van der Waals surface area (Å²) in [5, 5.41) is 6.62. The van der Waals surface area contributed by atoms with Crippen LogP contribution < -0.4 is 5.32 Å². The van der Waals surface area contributed by atoms with E-state index in [1.807, 2.05) is 0 Å². The second kappa shape index (κ2) is 5.53. The predicted octanol–water partition coefficient (Wildman–Crippen LogP) is 2.89. The molecule has 1 atom stereocenters. The highest BCUT2D eigenvalue weighted by Crippen LogP contribution is 2.36. The van der Waals surface area contributed by atoms with Gasteiger partial charge in [0.25, 0.3) is 0 Å². The summed E-state index contributed by atoms with van der Waals surface area (Å²) in [7, 11) is 1.64. The highest BCUT2D eigenvalue weighted by molar-refractivity contribution is 7.09. The average molecular weight is 304 g/mol. The first-order valence-electron chi connectivity index (χ1n) is 5.98. The zero-order chi connectivity index (χ0) is 14.9. The van der Waals surface area contributed by atoms with Gasteiger partial charge in [-0.25, -0.2) is 0 Å². The van der Waals surface area contributed by atoms with Gasteiger partial charge < -0.3 is 0 Å². The molecule has 8 heteroatoms. The van der Waals surface area contributed by atoms with Crippen molar-refractivity contribution in [3.63, 3.8) is 0 Å². The number of halogens is 3. The quantitative estimate of drug-likeness (QED) is 0.944. The maximum Gasteiger partial charge on any atom is 0.408 e. The highest BCUT2D eigenvalue weighted by atomic mass is 32.1. The van der Waals surface area contributed by atoms with Crippen molar-refractivity contribution in [2.75, 3.05) is 0 Å². The van der Waals surface area contributed by atoms with Gasteiger partial charge in [-0.1, -0.05) is 0 Å². The molecule has 0 bridgehead atoms. The fourth-order valence-electron chi connectivity index (χ4n) is 2.12. The van der Waals surface area contributed by atoms with Crippen molar-refractivity contribution in [1.82, 2.24) is 20.1 Å². The van der Waals surface area contributed by atoms with Crippen LogP contribution in [-0.4, -0.2) is 20.9 Å². The molecule has 0 amide bonds. The number of nitrogens with one attached hydrogen (secondary N) is 1. The van der Waals surface area contributed by atoms with E-state index in [-0.39, 0.29) is 12.1 Å². The van der Waals surface area contributed by atoms with Gasteiger partial charge in [-0.15, -0.1) is 11.3 Å². The number of thiazole rings is 1. The van der Waals surface area contributed by atoms with E-state index < -0.39 is 12.2 Å². The van der Waals surface area contributed by atoms with E-state index in [9.17, 15) is 13.2 Å². The van der Waals surface area contributed by atoms with E-state index in [1.54, 1.807) is 32.6 Å². The molecule has 0 aliphatic rings. The van der Waals surface area contributed by atoms with E-state index >= 15 is 0 Å². The third kappa shape index (κ3) is 3.01. The van der Waals surface area contributed by atoms with Gasteiger partial charge in [-0.2, -0.15) is 18.3 Å². The van der Waals surface area contributed by atoms with Crippen LogP contribution in [0.1, 0.15) is 27.9 Å². The third-order valence-corrected chi connectivity index (χ3v) is 3.92. The maximum atomic E-state index is 13.3. The molecule has 20 heavy (non-hydrogen) atoms. The molecular weight excluding hydrogens is 289 g/mol. The van der Waals surface area contributed by atoms with Crippen LogP contribution in [0.2, 0.25) is 0 Å². The Kier molecular flexibility index (Phi) is 4.14. The molecule has 1 N–H and O–H groups in total. The molecule has 2 aromatic heterocycles. The molecule has 0 radical (unpaired) electrons. The van der Waals surface area contributed by atoms with Crippen LogP contribution in [-0.2, 0) is 13.6 Å². The monoisotopic (exact) mass is 304 g/mol. The second-order valence-corrected chi connectivity index (χ2v) is 5.50. The summed E-state index contributed by atoms with van der Waals surface area (Å²) in [6, 6.07) is -1.72. The molecule has 2 heterocycles. The van der Waals surface area contributed by atoms with Gasteiger partial charge in [-0.05, 0) is 13.8 Å². The Morgan fingerprint density at radius 1 is 1.40 bits per heavy atom. The lowest BCUT2D eigenvalue weighted by Crippen LogP contribution is -2.34. The number of hydrogen-bond donors (Lipinski definition) is 1. The van der Waals surface area contributed by atoms with Crippen molar-refractivity contribution < 1.29 is 13.2 Å². The minimum atomic E-state index is -4.37. The first-order valence-corrected chi connectivity index (χ1v) is 6.86. The maximum absolute atomic E-state index is 13.3. The van der Waals surface area contributed by atoms with E-state index in [1.165, 1.54) is 16.0 Å². The van der Waals surface area contributed by atoms with Gasteiger partial charge >= 0.3 is 6.18 Å². The average Bonchev–Trinajstić information content (AvgIpc) is 2.91. The van der Waals surface area contributed by atoms with Gasteiger partial charge in [0.2, 0.25) is 0 Å². The normalized spacial score (nSPS) is 13.7. The van der Waals surface area contributed by atoms with E-state index in [0.717, 1.165) is 4.88 Å². The van der Waals surface area contributed by atoms with Crippen LogP contribution in [0.15, 0.2) is 11.7 Å². The van der Waals surface area contributed by atoms with Crippen LogP contribution in [0.5, 0.6) is 0 Å². The largest absolute Gasteiger partial charge is 0.408 e. The fourth-order valence-corrected chi connectivity index (χ4v) is 2.67. The van der Waals surface area contributed by atoms with Crippen molar-refractivity contribution in [1.29, 1.82) is 0 Å². The number of alkyl halides is 3. The summed E-state index contributed by atoms with van der Waals surface area (Å²) in [5.74, 6) is 0. The summed E-state index contributed by atoms with van der Waals surface area (Å²) in [6.45, 7) is 3.36. The Morgan fingerprint density at radius 2 is 2.10 bits per heavy atom. The van der Waals surface area contributed by atoms with Crippen LogP contribution >= 0.6 is 11.3 Å².